The van der Waals surface area contributed by atoms with Crippen molar-refractivity contribution in [1.29, 1.82) is 0 Å². The summed E-state index contributed by atoms with van der Waals surface area (Å²) in [5, 5.41) is 11.9. The van der Waals surface area contributed by atoms with Gasteiger partial charge in [-0.2, -0.15) is 0 Å². The quantitative estimate of drug-likeness (QED) is 0.827. The molecule has 2 heterocycles. The Morgan fingerprint density at radius 2 is 2.15 bits per heavy atom. The van der Waals surface area contributed by atoms with Crippen LogP contribution in [0.3, 0.4) is 0 Å². The summed E-state index contributed by atoms with van der Waals surface area (Å²) in [4.78, 5) is 38.6. The number of amides is 3. The maximum atomic E-state index is 12.2. The molecule has 8 heteroatoms. The number of anilines is 2. The number of cyclic esters (lactones) is 1. The molecule has 0 saturated carbocycles. The highest BCUT2D eigenvalue weighted by Crippen LogP contribution is 2.35. The largest absolute Gasteiger partial charge is 0.447 e. The number of carbonyl (C=O) groups is 3. The molecule has 0 bridgehead atoms. The number of rotatable bonds is 4. The Balaban J connectivity index is 1.89. The molecule has 140 valence electrons. The fourth-order valence-electron chi connectivity index (χ4n) is 3.53. The van der Waals surface area contributed by atoms with Gasteiger partial charge in [0, 0.05) is 30.9 Å². The highest BCUT2D eigenvalue weighted by atomic mass is 16.6. The number of hydrogen-bond donors (Lipinski definition) is 2. The average molecular weight is 361 g/mol. The molecule has 1 aromatic carbocycles. The van der Waals surface area contributed by atoms with E-state index < -0.39 is 12.7 Å². The molecule has 2 aliphatic rings. The Morgan fingerprint density at radius 3 is 2.85 bits per heavy atom. The molecule has 2 N–H and O–H groups in total. The van der Waals surface area contributed by atoms with Crippen molar-refractivity contribution < 1.29 is 24.2 Å². The van der Waals surface area contributed by atoms with Gasteiger partial charge in [-0.25, -0.2) is 4.79 Å². The van der Waals surface area contributed by atoms with E-state index in [0.717, 1.165) is 24.1 Å². The summed E-state index contributed by atoms with van der Waals surface area (Å²) in [5.41, 5.74) is 2.38. The van der Waals surface area contributed by atoms with Crippen LogP contribution >= 0.6 is 0 Å². The van der Waals surface area contributed by atoms with Crippen molar-refractivity contribution in [2.75, 3.05) is 29.6 Å². The maximum absolute atomic E-state index is 12.2. The standard InChI is InChI=1S/C18H23N3O5/c1-11-3-4-13-7-14(5-6-16(13)20(11)17(24)9-22)21-15(8-19-12(2)23)10-26-18(21)25/h5-7,11,15,22H,3-4,8-10H2,1-2H3,(H,19,23)/t11-,15?/m1/s1. The first-order valence-electron chi connectivity index (χ1n) is 8.68. The van der Waals surface area contributed by atoms with Crippen LogP contribution in [0.1, 0.15) is 25.8 Å². The van der Waals surface area contributed by atoms with Crippen molar-refractivity contribution in [2.45, 2.75) is 38.8 Å². The number of hydrogen-bond acceptors (Lipinski definition) is 5. The Morgan fingerprint density at radius 1 is 1.38 bits per heavy atom. The molecule has 0 spiro atoms. The molecule has 3 rings (SSSR count). The van der Waals surface area contributed by atoms with Crippen molar-refractivity contribution >= 4 is 29.3 Å². The number of aliphatic hydroxyl groups is 1. The number of fused-ring (bicyclic) bond motifs is 1. The molecular weight excluding hydrogens is 338 g/mol. The van der Waals surface area contributed by atoms with Crippen LogP contribution in [-0.4, -0.2) is 54.9 Å². The highest BCUT2D eigenvalue weighted by Gasteiger charge is 2.35. The summed E-state index contributed by atoms with van der Waals surface area (Å²) in [6.07, 6.45) is 1.11. The first-order valence-corrected chi connectivity index (χ1v) is 8.68. The van der Waals surface area contributed by atoms with E-state index in [1.807, 2.05) is 13.0 Å². The lowest BCUT2D eigenvalue weighted by Crippen LogP contribution is -2.44. The second-order valence-corrected chi connectivity index (χ2v) is 6.66. The minimum absolute atomic E-state index is 0.0114. The van der Waals surface area contributed by atoms with Gasteiger partial charge in [0.15, 0.2) is 0 Å². The van der Waals surface area contributed by atoms with Crippen LogP contribution < -0.4 is 15.1 Å². The molecule has 1 saturated heterocycles. The molecule has 1 unspecified atom stereocenters. The van der Waals surface area contributed by atoms with Crippen molar-refractivity contribution in [3.05, 3.63) is 23.8 Å². The minimum Gasteiger partial charge on any atom is -0.447 e. The number of aliphatic hydroxyl groups excluding tert-OH is 1. The van der Waals surface area contributed by atoms with Gasteiger partial charge < -0.3 is 20.1 Å². The van der Waals surface area contributed by atoms with Gasteiger partial charge in [-0.3, -0.25) is 14.5 Å². The van der Waals surface area contributed by atoms with E-state index in [1.165, 1.54) is 11.8 Å². The number of aryl methyl sites for hydroxylation is 1. The second kappa shape index (κ2) is 7.33. The molecule has 0 aliphatic carbocycles. The number of ether oxygens (including phenoxy) is 1. The van der Waals surface area contributed by atoms with Crippen molar-refractivity contribution in [1.82, 2.24) is 5.32 Å². The van der Waals surface area contributed by atoms with Gasteiger partial charge in [0.1, 0.15) is 13.2 Å². The van der Waals surface area contributed by atoms with Crippen molar-refractivity contribution in [3.63, 3.8) is 0 Å². The zero-order valence-corrected chi connectivity index (χ0v) is 14.9. The molecule has 0 radical (unpaired) electrons. The number of nitrogens with one attached hydrogen (secondary N) is 1. The molecular formula is C18H23N3O5. The second-order valence-electron chi connectivity index (χ2n) is 6.66. The average Bonchev–Trinajstić information content (AvgIpc) is 2.99. The summed E-state index contributed by atoms with van der Waals surface area (Å²) in [6, 6.07) is 5.18. The normalized spacial score (nSPS) is 22.0. The van der Waals surface area contributed by atoms with Gasteiger partial charge in [-0.05, 0) is 43.5 Å². The molecule has 8 nitrogen and oxygen atoms in total. The summed E-state index contributed by atoms with van der Waals surface area (Å²) in [5.74, 6) is -0.503. The van der Waals surface area contributed by atoms with Crippen molar-refractivity contribution in [3.8, 4) is 0 Å². The van der Waals surface area contributed by atoms with Gasteiger partial charge in [-0.15, -0.1) is 0 Å². The third kappa shape index (κ3) is 3.37. The highest BCUT2D eigenvalue weighted by molar-refractivity contribution is 5.97. The third-order valence-electron chi connectivity index (χ3n) is 4.82. The SMILES string of the molecule is CC(=O)NCC1COC(=O)N1c1ccc2c(c1)CC[C@@H](C)N2C(=O)CO. The van der Waals surface area contributed by atoms with Gasteiger partial charge in [0.25, 0.3) is 5.91 Å². The predicted octanol–water partition coefficient (Wildman–Crippen LogP) is 0.808. The summed E-state index contributed by atoms with van der Waals surface area (Å²) in [7, 11) is 0. The van der Waals surface area contributed by atoms with Gasteiger partial charge in [0.2, 0.25) is 5.91 Å². The molecule has 2 aliphatic heterocycles. The van der Waals surface area contributed by atoms with Crippen LogP contribution in [0.15, 0.2) is 18.2 Å². The number of carbonyl (C=O) groups excluding carboxylic acids is 3. The van der Waals surface area contributed by atoms with Crippen LogP contribution in [0.4, 0.5) is 16.2 Å². The number of benzene rings is 1. The van der Waals surface area contributed by atoms with E-state index in [0.29, 0.717) is 12.2 Å². The van der Waals surface area contributed by atoms with Gasteiger partial charge >= 0.3 is 6.09 Å². The molecule has 1 fully saturated rings. The zero-order valence-electron chi connectivity index (χ0n) is 14.9. The van der Waals surface area contributed by atoms with E-state index in [2.05, 4.69) is 5.32 Å². The predicted molar refractivity (Wildman–Crippen MR) is 95.1 cm³/mol. The Hall–Kier alpha value is -2.61. The molecule has 2 atom stereocenters. The van der Waals surface area contributed by atoms with Gasteiger partial charge in [0.05, 0.1) is 6.04 Å². The summed E-state index contributed by atoms with van der Waals surface area (Å²) in [6.45, 7) is 3.36. The minimum atomic E-state index is -0.539. The topological polar surface area (TPSA) is 99.2 Å². The molecule has 1 aromatic rings. The van der Waals surface area contributed by atoms with Crippen LogP contribution in [0.2, 0.25) is 0 Å². The first kappa shape index (κ1) is 18.2. The van der Waals surface area contributed by atoms with Crippen LogP contribution in [-0.2, 0) is 20.7 Å². The first-order chi connectivity index (χ1) is 12.4. The number of nitrogens with zero attached hydrogens (tertiary/aromatic N) is 2. The lowest BCUT2D eigenvalue weighted by molar-refractivity contribution is -0.122. The fourth-order valence-corrected chi connectivity index (χ4v) is 3.53. The van der Waals surface area contributed by atoms with Crippen molar-refractivity contribution in [2.24, 2.45) is 0 Å². The molecule has 0 aromatic heterocycles. The van der Waals surface area contributed by atoms with E-state index >= 15 is 0 Å². The smallest absolute Gasteiger partial charge is 0.414 e. The maximum Gasteiger partial charge on any atom is 0.414 e. The Kier molecular flexibility index (Phi) is 5.13. The fraction of sp³-hybridized carbons (Fsp3) is 0.500. The van der Waals surface area contributed by atoms with E-state index in [1.54, 1.807) is 17.0 Å². The molecule has 3 amide bonds. The lowest BCUT2D eigenvalue weighted by Gasteiger charge is -2.35. The Bertz CT molecular complexity index is 736. The van der Waals surface area contributed by atoms with E-state index in [-0.39, 0.29) is 30.5 Å². The van der Waals surface area contributed by atoms with Crippen LogP contribution in [0.25, 0.3) is 0 Å². The van der Waals surface area contributed by atoms with Crippen LogP contribution in [0, 0.1) is 0 Å². The van der Waals surface area contributed by atoms with Crippen LogP contribution in [0.5, 0.6) is 0 Å². The van der Waals surface area contributed by atoms with E-state index in [9.17, 15) is 19.5 Å². The van der Waals surface area contributed by atoms with E-state index in [4.69, 9.17) is 4.74 Å². The lowest BCUT2D eigenvalue weighted by atomic mass is 9.95. The summed E-state index contributed by atoms with van der Waals surface area (Å²) < 4.78 is 5.14. The molecule has 26 heavy (non-hydrogen) atoms. The van der Waals surface area contributed by atoms with Gasteiger partial charge in [-0.1, -0.05) is 0 Å². The summed E-state index contributed by atoms with van der Waals surface area (Å²) >= 11 is 0. The zero-order chi connectivity index (χ0) is 18.8. The monoisotopic (exact) mass is 361 g/mol. The third-order valence-corrected chi connectivity index (χ3v) is 4.82. The Labute approximate surface area is 151 Å².